The second-order valence-corrected chi connectivity index (χ2v) is 6.39. The summed E-state index contributed by atoms with van der Waals surface area (Å²) < 4.78 is 3.35. The predicted octanol–water partition coefficient (Wildman–Crippen LogP) is 3.68. The summed E-state index contributed by atoms with van der Waals surface area (Å²) >= 11 is 3.69. The topological polar surface area (TPSA) is 29.9 Å². The first kappa shape index (κ1) is 15.0. The Bertz CT molecular complexity index is 410. The summed E-state index contributed by atoms with van der Waals surface area (Å²) in [5.41, 5.74) is 2.48. The molecule has 1 atom stereocenters. The maximum atomic E-state index is 4.58. The van der Waals surface area contributed by atoms with Crippen molar-refractivity contribution in [3.63, 3.8) is 0 Å². The second-order valence-electron chi connectivity index (χ2n) is 5.60. The highest BCUT2D eigenvalue weighted by Crippen LogP contribution is 2.35. The average Bonchev–Trinajstić information content (AvgIpc) is 3.20. The number of halogens is 1. The molecule has 2 rings (SSSR count). The van der Waals surface area contributed by atoms with E-state index in [1.165, 1.54) is 35.8 Å². The minimum Gasteiger partial charge on any atom is -0.314 e. The summed E-state index contributed by atoms with van der Waals surface area (Å²) in [6.45, 7) is 8.58. The van der Waals surface area contributed by atoms with E-state index in [0.29, 0.717) is 6.04 Å². The maximum Gasteiger partial charge on any atom is 0.0738 e. The molecule has 0 spiro atoms. The zero-order valence-electron chi connectivity index (χ0n) is 12.4. The quantitative estimate of drug-likeness (QED) is 0.789. The fourth-order valence-corrected chi connectivity index (χ4v) is 3.22. The Hall–Kier alpha value is -0.350. The van der Waals surface area contributed by atoms with E-state index in [4.69, 9.17) is 0 Å². The molecule has 1 fully saturated rings. The number of nitrogens with one attached hydrogen (secondary N) is 1. The van der Waals surface area contributed by atoms with E-state index in [1.807, 2.05) is 0 Å². The van der Waals surface area contributed by atoms with E-state index < -0.39 is 0 Å². The van der Waals surface area contributed by atoms with Gasteiger partial charge in [0.2, 0.25) is 0 Å². The molecule has 1 unspecified atom stereocenters. The molecule has 108 valence electrons. The van der Waals surface area contributed by atoms with Gasteiger partial charge in [0.15, 0.2) is 0 Å². The van der Waals surface area contributed by atoms with Crippen LogP contribution in [0.3, 0.4) is 0 Å². The smallest absolute Gasteiger partial charge is 0.0738 e. The van der Waals surface area contributed by atoms with Crippen LogP contribution in [0.5, 0.6) is 0 Å². The van der Waals surface area contributed by atoms with Gasteiger partial charge in [0.25, 0.3) is 0 Å². The van der Waals surface area contributed by atoms with Crippen LogP contribution < -0.4 is 5.32 Å². The van der Waals surface area contributed by atoms with Crippen molar-refractivity contribution in [3.05, 3.63) is 15.9 Å². The summed E-state index contributed by atoms with van der Waals surface area (Å²) in [7, 11) is 0. The van der Waals surface area contributed by atoms with E-state index >= 15 is 0 Å². The van der Waals surface area contributed by atoms with Crippen molar-refractivity contribution < 1.29 is 0 Å². The zero-order chi connectivity index (χ0) is 13.8. The number of aromatic nitrogens is 2. The van der Waals surface area contributed by atoms with Crippen LogP contribution in [-0.2, 0) is 13.0 Å². The summed E-state index contributed by atoms with van der Waals surface area (Å²) in [4.78, 5) is 0. The molecule has 1 aromatic heterocycles. The van der Waals surface area contributed by atoms with Crippen molar-refractivity contribution in [1.82, 2.24) is 15.1 Å². The Kier molecular flexibility index (Phi) is 5.46. The molecule has 0 aromatic carbocycles. The Morgan fingerprint density at radius 1 is 1.42 bits per heavy atom. The molecule has 19 heavy (non-hydrogen) atoms. The van der Waals surface area contributed by atoms with Gasteiger partial charge in [0, 0.05) is 12.6 Å². The Balaban J connectivity index is 1.96. The lowest BCUT2D eigenvalue weighted by atomic mass is 10.0. The van der Waals surface area contributed by atoms with E-state index in [2.05, 4.69) is 51.8 Å². The Labute approximate surface area is 125 Å². The van der Waals surface area contributed by atoms with Gasteiger partial charge < -0.3 is 5.32 Å². The van der Waals surface area contributed by atoms with Crippen molar-refractivity contribution in [3.8, 4) is 0 Å². The standard InChI is InChI=1S/C15H26BrN3/c1-4-10-17-13(12-6-7-12)8-9-14-15(16)11(3)18-19(14)5-2/h12-13,17H,4-10H2,1-3H3. The van der Waals surface area contributed by atoms with Crippen molar-refractivity contribution in [2.24, 2.45) is 5.92 Å². The number of rotatable bonds is 8. The Morgan fingerprint density at radius 2 is 2.16 bits per heavy atom. The molecule has 4 heteroatoms. The van der Waals surface area contributed by atoms with Gasteiger partial charge in [-0.2, -0.15) is 5.10 Å². The van der Waals surface area contributed by atoms with Gasteiger partial charge in [-0.3, -0.25) is 4.68 Å². The van der Waals surface area contributed by atoms with Crippen LogP contribution in [0.1, 0.15) is 50.9 Å². The molecule has 1 N–H and O–H groups in total. The van der Waals surface area contributed by atoms with Crippen molar-refractivity contribution in [2.45, 2.75) is 65.5 Å². The van der Waals surface area contributed by atoms with Gasteiger partial charge >= 0.3 is 0 Å². The number of nitrogens with zero attached hydrogens (tertiary/aromatic N) is 2. The number of hydrogen-bond donors (Lipinski definition) is 1. The number of aryl methyl sites for hydroxylation is 2. The average molecular weight is 328 g/mol. The van der Waals surface area contributed by atoms with E-state index in [0.717, 1.165) is 31.1 Å². The largest absolute Gasteiger partial charge is 0.314 e. The molecule has 0 amide bonds. The molecule has 1 aliphatic rings. The van der Waals surface area contributed by atoms with Crippen LogP contribution >= 0.6 is 15.9 Å². The first-order valence-electron chi connectivity index (χ1n) is 7.62. The molecule has 1 saturated carbocycles. The lowest BCUT2D eigenvalue weighted by Crippen LogP contribution is -2.32. The Morgan fingerprint density at radius 3 is 2.74 bits per heavy atom. The molecule has 1 aromatic rings. The first-order valence-corrected chi connectivity index (χ1v) is 8.41. The highest BCUT2D eigenvalue weighted by Gasteiger charge is 2.30. The first-order chi connectivity index (χ1) is 9.17. The SMILES string of the molecule is CCCNC(CCc1c(Br)c(C)nn1CC)C1CC1. The molecule has 0 aliphatic heterocycles. The van der Waals surface area contributed by atoms with E-state index in [-0.39, 0.29) is 0 Å². The molecule has 1 aliphatic carbocycles. The summed E-state index contributed by atoms with van der Waals surface area (Å²) in [5.74, 6) is 0.921. The van der Waals surface area contributed by atoms with Crippen molar-refractivity contribution in [1.29, 1.82) is 0 Å². The van der Waals surface area contributed by atoms with Gasteiger partial charge in [0.1, 0.15) is 0 Å². The van der Waals surface area contributed by atoms with Crippen molar-refractivity contribution in [2.75, 3.05) is 6.54 Å². The minimum absolute atomic E-state index is 0.701. The molecule has 0 radical (unpaired) electrons. The van der Waals surface area contributed by atoms with Crippen LogP contribution in [0.15, 0.2) is 4.47 Å². The minimum atomic E-state index is 0.701. The fourth-order valence-electron chi connectivity index (χ4n) is 2.73. The molecular formula is C15H26BrN3. The van der Waals surface area contributed by atoms with Crippen LogP contribution in [0, 0.1) is 12.8 Å². The predicted molar refractivity (Wildman–Crippen MR) is 83.5 cm³/mol. The summed E-state index contributed by atoms with van der Waals surface area (Å²) in [5, 5.41) is 8.30. The normalized spacial score (nSPS) is 16.8. The monoisotopic (exact) mass is 327 g/mol. The molecule has 0 bridgehead atoms. The van der Waals surface area contributed by atoms with Crippen LogP contribution in [0.2, 0.25) is 0 Å². The third-order valence-corrected chi connectivity index (χ3v) is 5.02. The van der Waals surface area contributed by atoms with E-state index in [1.54, 1.807) is 0 Å². The molecular weight excluding hydrogens is 302 g/mol. The maximum absolute atomic E-state index is 4.58. The molecule has 0 saturated heterocycles. The number of hydrogen-bond acceptors (Lipinski definition) is 2. The van der Waals surface area contributed by atoms with Gasteiger partial charge in [-0.1, -0.05) is 6.92 Å². The summed E-state index contributed by atoms with van der Waals surface area (Å²) in [6.07, 6.45) is 6.39. The third-order valence-electron chi connectivity index (χ3n) is 3.99. The van der Waals surface area contributed by atoms with Gasteiger partial charge in [0.05, 0.1) is 15.9 Å². The van der Waals surface area contributed by atoms with Crippen LogP contribution in [-0.4, -0.2) is 22.4 Å². The molecule has 1 heterocycles. The van der Waals surface area contributed by atoms with Crippen molar-refractivity contribution >= 4 is 15.9 Å². The fraction of sp³-hybridized carbons (Fsp3) is 0.800. The van der Waals surface area contributed by atoms with Crippen LogP contribution in [0.4, 0.5) is 0 Å². The highest BCUT2D eigenvalue weighted by molar-refractivity contribution is 9.10. The second kappa shape index (κ2) is 6.89. The van der Waals surface area contributed by atoms with Gasteiger partial charge in [-0.05, 0) is 74.3 Å². The van der Waals surface area contributed by atoms with Gasteiger partial charge in [-0.25, -0.2) is 0 Å². The molecule has 3 nitrogen and oxygen atoms in total. The highest BCUT2D eigenvalue weighted by atomic mass is 79.9. The lowest BCUT2D eigenvalue weighted by molar-refractivity contribution is 0.429. The summed E-state index contributed by atoms with van der Waals surface area (Å²) in [6, 6.07) is 0.701. The lowest BCUT2D eigenvalue weighted by Gasteiger charge is -2.18. The third kappa shape index (κ3) is 3.82. The van der Waals surface area contributed by atoms with Crippen LogP contribution in [0.25, 0.3) is 0 Å². The van der Waals surface area contributed by atoms with Gasteiger partial charge in [-0.15, -0.1) is 0 Å². The zero-order valence-corrected chi connectivity index (χ0v) is 14.0. The van der Waals surface area contributed by atoms with E-state index in [9.17, 15) is 0 Å².